The monoisotopic (exact) mass is 224 g/mol. The Kier molecular flexibility index (Phi) is 3.65. The summed E-state index contributed by atoms with van der Waals surface area (Å²) in [5.41, 5.74) is 0. The van der Waals surface area contributed by atoms with Gasteiger partial charge in [-0.2, -0.15) is 0 Å². The van der Waals surface area contributed by atoms with E-state index in [1.807, 2.05) is 13.8 Å². The maximum absolute atomic E-state index is 11.6. The van der Waals surface area contributed by atoms with Crippen LogP contribution in [0.15, 0.2) is 0 Å². The molecule has 0 aromatic rings. The number of fused-ring (bicyclic) bond motifs is 2. The van der Waals surface area contributed by atoms with Gasteiger partial charge in [0.2, 0.25) is 0 Å². The molecule has 0 aromatic heterocycles. The molecule has 2 aliphatic rings. The Hall–Kier alpha value is -0.410. The number of carbonyl (C=O) groups excluding carboxylic acids is 1. The highest BCUT2D eigenvalue weighted by Gasteiger charge is 2.37. The van der Waals surface area contributed by atoms with Gasteiger partial charge in [-0.05, 0) is 19.9 Å². The van der Waals surface area contributed by atoms with Gasteiger partial charge in [-0.15, -0.1) is 0 Å². The van der Waals surface area contributed by atoms with Crippen LogP contribution in [0.2, 0.25) is 0 Å². The summed E-state index contributed by atoms with van der Waals surface area (Å²) in [6, 6.07) is 1.49. The van der Waals surface area contributed by atoms with Crippen LogP contribution in [-0.2, 0) is 4.79 Å². The first-order valence-corrected chi connectivity index (χ1v) is 6.55. The SMILES string of the molecule is CC(C)C(=O)CCN1CC2CCC(C1)N2C. The molecule has 0 spiro atoms. The van der Waals surface area contributed by atoms with Crippen molar-refractivity contribution in [1.82, 2.24) is 9.80 Å². The van der Waals surface area contributed by atoms with E-state index in [2.05, 4.69) is 16.8 Å². The Morgan fingerprint density at radius 3 is 2.31 bits per heavy atom. The minimum absolute atomic E-state index is 0.198. The van der Waals surface area contributed by atoms with Crippen LogP contribution in [0.1, 0.15) is 33.1 Å². The lowest BCUT2D eigenvalue weighted by Gasteiger charge is -2.38. The highest BCUT2D eigenvalue weighted by molar-refractivity contribution is 5.80. The summed E-state index contributed by atoms with van der Waals surface area (Å²) in [4.78, 5) is 16.6. The maximum atomic E-state index is 11.6. The highest BCUT2D eigenvalue weighted by Crippen LogP contribution is 2.28. The Morgan fingerprint density at radius 1 is 1.25 bits per heavy atom. The van der Waals surface area contributed by atoms with Gasteiger partial charge in [0.25, 0.3) is 0 Å². The number of rotatable bonds is 4. The van der Waals surface area contributed by atoms with Gasteiger partial charge in [-0.3, -0.25) is 14.6 Å². The number of carbonyl (C=O) groups is 1. The van der Waals surface area contributed by atoms with E-state index in [4.69, 9.17) is 0 Å². The van der Waals surface area contributed by atoms with Gasteiger partial charge >= 0.3 is 0 Å². The summed E-state index contributed by atoms with van der Waals surface area (Å²) in [6.45, 7) is 7.29. The Morgan fingerprint density at radius 2 is 1.81 bits per heavy atom. The minimum Gasteiger partial charge on any atom is -0.300 e. The van der Waals surface area contributed by atoms with Crippen LogP contribution in [0.3, 0.4) is 0 Å². The first-order chi connectivity index (χ1) is 7.58. The Bertz CT molecular complexity index is 251. The molecule has 2 atom stereocenters. The zero-order valence-electron chi connectivity index (χ0n) is 10.8. The Labute approximate surface area is 98.8 Å². The second-order valence-corrected chi connectivity index (χ2v) is 5.68. The molecule has 2 heterocycles. The fourth-order valence-electron chi connectivity index (χ4n) is 2.94. The summed E-state index contributed by atoms with van der Waals surface area (Å²) >= 11 is 0. The van der Waals surface area contributed by atoms with Gasteiger partial charge < -0.3 is 0 Å². The molecule has 3 heteroatoms. The first-order valence-electron chi connectivity index (χ1n) is 6.55. The molecule has 2 unspecified atom stereocenters. The average Bonchev–Trinajstić information content (AvgIpc) is 2.51. The van der Waals surface area contributed by atoms with E-state index in [-0.39, 0.29) is 5.92 Å². The number of likely N-dealkylation sites (tertiary alicyclic amines) is 1. The van der Waals surface area contributed by atoms with Gasteiger partial charge in [-0.1, -0.05) is 13.8 Å². The number of piperazine rings is 1. The number of hydrogen-bond acceptors (Lipinski definition) is 3. The minimum atomic E-state index is 0.198. The zero-order valence-corrected chi connectivity index (χ0v) is 10.8. The normalized spacial score (nSPS) is 31.2. The van der Waals surface area contributed by atoms with E-state index < -0.39 is 0 Å². The predicted octanol–water partition coefficient (Wildman–Crippen LogP) is 1.38. The van der Waals surface area contributed by atoms with Crippen LogP contribution in [0.25, 0.3) is 0 Å². The van der Waals surface area contributed by atoms with Crippen LogP contribution in [0.5, 0.6) is 0 Å². The van der Waals surface area contributed by atoms with Crippen LogP contribution in [0, 0.1) is 5.92 Å². The van der Waals surface area contributed by atoms with Crippen LogP contribution in [-0.4, -0.2) is 54.3 Å². The largest absolute Gasteiger partial charge is 0.300 e. The quantitative estimate of drug-likeness (QED) is 0.721. The van der Waals surface area contributed by atoms with Crippen molar-refractivity contribution < 1.29 is 4.79 Å². The lowest BCUT2D eigenvalue weighted by atomic mass is 10.1. The second kappa shape index (κ2) is 4.84. The van der Waals surface area contributed by atoms with E-state index >= 15 is 0 Å². The molecule has 92 valence electrons. The molecule has 2 bridgehead atoms. The summed E-state index contributed by atoms with van der Waals surface area (Å²) < 4.78 is 0. The van der Waals surface area contributed by atoms with E-state index in [1.54, 1.807) is 0 Å². The van der Waals surface area contributed by atoms with Crippen molar-refractivity contribution in [2.45, 2.75) is 45.2 Å². The number of likely N-dealkylation sites (N-methyl/N-ethyl adjacent to an activating group) is 1. The van der Waals surface area contributed by atoms with Crippen molar-refractivity contribution in [3.8, 4) is 0 Å². The van der Waals surface area contributed by atoms with Crippen LogP contribution < -0.4 is 0 Å². The van der Waals surface area contributed by atoms with Crippen molar-refractivity contribution in [3.05, 3.63) is 0 Å². The molecule has 0 aliphatic carbocycles. The molecule has 0 N–H and O–H groups in total. The van der Waals surface area contributed by atoms with Crippen molar-refractivity contribution in [3.63, 3.8) is 0 Å². The number of hydrogen-bond donors (Lipinski definition) is 0. The van der Waals surface area contributed by atoms with Crippen LogP contribution >= 0.6 is 0 Å². The van der Waals surface area contributed by atoms with Gasteiger partial charge in [0.1, 0.15) is 5.78 Å². The highest BCUT2D eigenvalue weighted by atomic mass is 16.1. The summed E-state index contributed by atoms with van der Waals surface area (Å²) in [5.74, 6) is 0.607. The van der Waals surface area contributed by atoms with Gasteiger partial charge in [0, 0.05) is 44.1 Å². The van der Waals surface area contributed by atoms with E-state index in [0.29, 0.717) is 5.78 Å². The third kappa shape index (κ3) is 2.46. The number of ketones is 1. The molecule has 0 radical (unpaired) electrons. The van der Waals surface area contributed by atoms with Crippen molar-refractivity contribution >= 4 is 5.78 Å². The fraction of sp³-hybridized carbons (Fsp3) is 0.923. The smallest absolute Gasteiger partial charge is 0.136 e. The van der Waals surface area contributed by atoms with Crippen molar-refractivity contribution in [2.75, 3.05) is 26.7 Å². The summed E-state index contributed by atoms with van der Waals surface area (Å²) in [5, 5.41) is 0. The second-order valence-electron chi connectivity index (χ2n) is 5.68. The molecule has 3 nitrogen and oxygen atoms in total. The molecule has 0 aromatic carbocycles. The van der Waals surface area contributed by atoms with Gasteiger partial charge in [0.05, 0.1) is 0 Å². The lowest BCUT2D eigenvalue weighted by molar-refractivity contribution is -0.122. The van der Waals surface area contributed by atoms with Crippen molar-refractivity contribution in [1.29, 1.82) is 0 Å². The third-order valence-electron chi connectivity index (χ3n) is 4.24. The zero-order chi connectivity index (χ0) is 11.7. The first kappa shape index (κ1) is 12.1. The molecule has 2 aliphatic heterocycles. The standard InChI is InChI=1S/C13H24N2O/c1-10(2)13(16)6-7-15-8-11-4-5-12(9-15)14(11)3/h10-12H,4-9H2,1-3H3. The summed E-state index contributed by atoms with van der Waals surface area (Å²) in [6.07, 6.45) is 3.42. The molecule has 0 saturated carbocycles. The molecule has 16 heavy (non-hydrogen) atoms. The summed E-state index contributed by atoms with van der Waals surface area (Å²) in [7, 11) is 2.25. The lowest BCUT2D eigenvalue weighted by Crippen LogP contribution is -2.52. The van der Waals surface area contributed by atoms with E-state index in [9.17, 15) is 4.79 Å². The molecule has 2 rings (SSSR count). The molecule has 2 saturated heterocycles. The molecule has 0 amide bonds. The maximum Gasteiger partial charge on any atom is 0.136 e. The van der Waals surface area contributed by atoms with Crippen LogP contribution in [0.4, 0.5) is 0 Å². The third-order valence-corrected chi connectivity index (χ3v) is 4.24. The van der Waals surface area contributed by atoms with Gasteiger partial charge in [-0.25, -0.2) is 0 Å². The predicted molar refractivity (Wildman–Crippen MR) is 65.5 cm³/mol. The van der Waals surface area contributed by atoms with Gasteiger partial charge in [0.15, 0.2) is 0 Å². The average molecular weight is 224 g/mol. The number of nitrogens with zero attached hydrogens (tertiary/aromatic N) is 2. The molecular formula is C13H24N2O. The fourth-order valence-corrected chi connectivity index (χ4v) is 2.94. The topological polar surface area (TPSA) is 23.6 Å². The number of Topliss-reactive ketones (excluding diaryl/α,β-unsaturated/α-hetero) is 1. The van der Waals surface area contributed by atoms with E-state index in [0.717, 1.165) is 25.0 Å². The molecule has 2 fully saturated rings. The molecular weight excluding hydrogens is 200 g/mol. The van der Waals surface area contributed by atoms with E-state index in [1.165, 1.54) is 25.9 Å². The Balaban J connectivity index is 1.78. The van der Waals surface area contributed by atoms with Crippen molar-refractivity contribution in [2.24, 2.45) is 5.92 Å².